The number of hydrogen-bond donors (Lipinski definition) is 2. The summed E-state index contributed by atoms with van der Waals surface area (Å²) in [4.78, 5) is 34.3. The fraction of sp³-hybridized carbons (Fsp3) is 0.357. The lowest BCUT2D eigenvalue weighted by Crippen LogP contribution is -2.63. The first-order valence-electron chi connectivity index (χ1n) is 6.02. The SMILES string of the molecule is C=CC(=O)OC(CO)(CO)C(C)(OC(=O)C=C)OC(=O)C=C. The summed E-state index contributed by atoms with van der Waals surface area (Å²) in [6.45, 7) is 8.49. The van der Waals surface area contributed by atoms with Gasteiger partial charge < -0.3 is 24.4 Å². The van der Waals surface area contributed by atoms with Crippen LogP contribution in [0.15, 0.2) is 38.0 Å². The molecule has 0 saturated heterocycles. The van der Waals surface area contributed by atoms with Crippen molar-refractivity contribution in [3.05, 3.63) is 38.0 Å². The zero-order valence-corrected chi connectivity index (χ0v) is 12.1. The molecule has 0 spiro atoms. The van der Waals surface area contributed by atoms with Crippen LogP contribution in [0, 0.1) is 0 Å². The molecule has 0 unspecified atom stereocenters. The van der Waals surface area contributed by atoms with Crippen LogP contribution in [0.4, 0.5) is 0 Å². The lowest BCUT2D eigenvalue weighted by molar-refractivity contribution is -0.300. The first-order valence-corrected chi connectivity index (χ1v) is 6.02. The van der Waals surface area contributed by atoms with Gasteiger partial charge in [-0.1, -0.05) is 19.7 Å². The van der Waals surface area contributed by atoms with Crippen molar-refractivity contribution in [3.8, 4) is 0 Å². The van der Waals surface area contributed by atoms with Crippen molar-refractivity contribution in [1.82, 2.24) is 0 Å². The fourth-order valence-electron chi connectivity index (χ4n) is 1.40. The largest absolute Gasteiger partial charge is 0.443 e. The van der Waals surface area contributed by atoms with Crippen LogP contribution in [0.2, 0.25) is 0 Å². The number of carbonyl (C=O) groups is 3. The zero-order chi connectivity index (χ0) is 17.4. The molecule has 0 aromatic carbocycles. The second-order valence-corrected chi connectivity index (χ2v) is 4.13. The molecule has 8 heteroatoms. The van der Waals surface area contributed by atoms with Gasteiger partial charge in [0.2, 0.25) is 5.60 Å². The van der Waals surface area contributed by atoms with E-state index < -0.39 is 42.5 Å². The number of aliphatic hydroxyl groups is 2. The van der Waals surface area contributed by atoms with E-state index in [1.54, 1.807) is 0 Å². The van der Waals surface area contributed by atoms with E-state index in [0.29, 0.717) is 0 Å². The first-order chi connectivity index (χ1) is 10.2. The van der Waals surface area contributed by atoms with Gasteiger partial charge in [0.15, 0.2) is 0 Å². The molecule has 0 aliphatic carbocycles. The van der Waals surface area contributed by atoms with Gasteiger partial charge in [0.05, 0.1) is 13.2 Å². The molecule has 0 fully saturated rings. The van der Waals surface area contributed by atoms with Crippen molar-refractivity contribution in [1.29, 1.82) is 0 Å². The molecule has 22 heavy (non-hydrogen) atoms. The van der Waals surface area contributed by atoms with E-state index in [-0.39, 0.29) is 0 Å². The molecule has 0 bridgehead atoms. The molecule has 0 aliphatic rings. The summed E-state index contributed by atoms with van der Waals surface area (Å²) in [6.07, 6.45) is 2.27. The summed E-state index contributed by atoms with van der Waals surface area (Å²) in [5, 5.41) is 19.0. The van der Waals surface area contributed by atoms with Gasteiger partial charge in [0.1, 0.15) is 0 Å². The number of aliphatic hydroxyl groups excluding tert-OH is 2. The van der Waals surface area contributed by atoms with Crippen LogP contribution in [0.1, 0.15) is 6.92 Å². The minimum absolute atomic E-state index is 0.755. The molecular weight excluding hydrogens is 296 g/mol. The molecule has 0 aromatic heterocycles. The van der Waals surface area contributed by atoms with Crippen molar-refractivity contribution in [2.75, 3.05) is 13.2 Å². The number of ether oxygens (including phenoxy) is 3. The summed E-state index contributed by atoms with van der Waals surface area (Å²) in [5.74, 6) is -5.47. The predicted octanol–water partition coefficient (Wildman–Crippen LogP) is -0.386. The van der Waals surface area contributed by atoms with Gasteiger partial charge in [-0.05, 0) is 0 Å². The molecule has 122 valence electrons. The summed E-state index contributed by atoms with van der Waals surface area (Å²) >= 11 is 0. The Hall–Kier alpha value is -2.45. The topological polar surface area (TPSA) is 119 Å². The zero-order valence-electron chi connectivity index (χ0n) is 12.1. The van der Waals surface area contributed by atoms with Crippen molar-refractivity contribution in [2.45, 2.75) is 18.3 Å². The first kappa shape index (κ1) is 19.6. The molecule has 0 radical (unpaired) electrons. The summed E-state index contributed by atoms with van der Waals surface area (Å²) in [7, 11) is 0. The van der Waals surface area contributed by atoms with Crippen LogP contribution >= 0.6 is 0 Å². The maximum atomic E-state index is 11.4. The monoisotopic (exact) mass is 314 g/mol. The van der Waals surface area contributed by atoms with Gasteiger partial charge >= 0.3 is 17.9 Å². The fourth-order valence-corrected chi connectivity index (χ4v) is 1.40. The lowest BCUT2D eigenvalue weighted by Gasteiger charge is -2.42. The Morgan fingerprint density at radius 2 is 1.18 bits per heavy atom. The molecule has 0 atom stereocenters. The van der Waals surface area contributed by atoms with Crippen LogP contribution < -0.4 is 0 Å². The van der Waals surface area contributed by atoms with Crippen LogP contribution in [0.5, 0.6) is 0 Å². The molecule has 0 saturated carbocycles. The minimum atomic E-state index is -2.34. The molecule has 0 rings (SSSR count). The highest BCUT2D eigenvalue weighted by Crippen LogP contribution is 2.32. The summed E-state index contributed by atoms with van der Waals surface area (Å²) in [6, 6.07) is 0. The third-order valence-electron chi connectivity index (χ3n) is 2.73. The number of hydrogen-bond acceptors (Lipinski definition) is 8. The quantitative estimate of drug-likeness (QED) is 0.335. The average molecular weight is 314 g/mol. The van der Waals surface area contributed by atoms with E-state index in [1.165, 1.54) is 0 Å². The smallest absolute Gasteiger partial charge is 0.333 e. The average Bonchev–Trinajstić information content (AvgIpc) is 2.51. The Labute approximate surface area is 127 Å². The molecule has 8 nitrogen and oxygen atoms in total. The Morgan fingerprint density at radius 1 is 0.864 bits per heavy atom. The predicted molar refractivity (Wildman–Crippen MR) is 74.2 cm³/mol. The number of esters is 3. The Morgan fingerprint density at radius 3 is 1.45 bits per heavy atom. The molecule has 2 N–H and O–H groups in total. The van der Waals surface area contributed by atoms with Gasteiger partial charge in [0.25, 0.3) is 5.79 Å². The lowest BCUT2D eigenvalue weighted by atomic mass is 9.95. The summed E-state index contributed by atoms with van der Waals surface area (Å²) in [5.41, 5.74) is -2.27. The normalized spacial score (nSPS) is 11.0. The van der Waals surface area contributed by atoms with Crippen LogP contribution in [-0.2, 0) is 28.6 Å². The van der Waals surface area contributed by atoms with Crippen LogP contribution in [0.25, 0.3) is 0 Å². The van der Waals surface area contributed by atoms with E-state index in [2.05, 4.69) is 19.7 Å². The van der Waals surface area contributed by atoms with E-state index >= 15 is 0 Å². The number of rotatable bonds is 9. The third-order valence-corrected chi connectivity index (χ3v) is 2.73. The highest BCUT2D eigenvalue weighted by Gasteiger charge is 2.57. The van der Waals surface area contributed by atoms with Crippen molar-refractivity contribution in [3.63, 3.8) is 0 Å². The van der Waals surface area contributed by atoms with E-state index in [4.69, 9.17) is 14.2 Å². The molecule has 0 amide bonds. The maximum absolute atomic E-state index is 11.4. The van der Waals surface area contributed by atoms with Crippen LogP contribution in [0.3, 0.4) is 0 Å². The minimum Gasteiger partial charge on any atom is -0.443 e. The van der Waals surface area contributed by atoms with E-state index in [9.17, 15) is 24.6 Å². The standard InChI is InChI=1S/C14H18O8/c1-5-10(17)20-13(4,21-11(18)6-2)14(8-15,9-16)22-12(19)7-3/h5-7,15-16H,1-3,8-9H2,4H3. The van der Waals surface area contributed by atoms with E-state index in [0.717, 1.165) is 25.2 Å². The van der Waals surface area contributed by atoms with E-state index in [1.807, 2.05) is 0 Å². The highest BCUT2D eigenvalue weighted by atomic mass is 16.8. The van der Waals surface area contributed by atoms with Gasteiger partial charge in [-0.2, -0.15) is 0 Å². The van der Waals surface area contributed by atoms with Crippen molar-refractivity contribution >= 4 is 17.9 Å². The summed E-state index contributed by atoms with van der Waals surface area (Å²) < 4.78 is 14.6. The Kier molecular flexibility index (Phi) is 7.20. The maximum Gasteiger partial charge on any atom is 0.333 e. The van der Waals surface area contributed by atoms with Crippen molar-refractivity contribution in [2.24, 2.45) is 0 Å². The number of carbonyl (C=O) groups excluding carboxylic acids is 3. The third kappa shape index (κ3) is 4.27. The molecular formula is C14H18O8. The molecule has 0 aliphatic heterocycles. The Bertz CT molecular complexity index is 453. The van der Waals surface area contributed by atoms with Gasteiger partial charge in [0, 0.05) is 25.2 Å². The van der Waals surface area contributed by atoms with Gasteiger partial charge in [-0.25, -0.2) is 14.4 Å². The van der Waals surface area contributed by atoms with Gasteiger partial charge in [-0.15, -0.1) is 0 Å². The molecule has 0 heterocycles. The second kappa shape index (κ2) is 8.11. The Balaban J connectivity index is 5.91. The van der Waals surface area contributed by atoms with Gasteiger partial charge in [-0.3, -0.25) is 0 Å². The second-order valence-electron chi connectivity index (χ2n) is 4.13. The highest BCUT2D eigenvalue weighted by molar-refractivity contribution is 5.84. The molecule has 0 aromatic rings. The van der Waals surface area contributed by atoms with Crippen molar-refractivity contribution < 1.29 is 38.8 Å². The van der Waals surface area contributed by atoms with Crippen LogP contribution in [-0.4, -0.2) is 52.7 Å².